The molecular formula is C32H33F3N6O2. The molecule has 2 aliphatic rings. The molecule has 4 unspecified atom stereocenters. The van der Waals surface area contributed by atoms with Crippen LogP contribution in [0.5, 0.6) is 0 Å². The normalized spacial score (nSPS) is 22.3. The number of aryl methyl sites for hydroxylation is 1. The molecule has 11 heteroatoms. The zero-order valence-corrected chi connectivity index (χ0v) is 23.7. The maximum atomic E-state index is 13.9. The molecule has 0 aliphatic carbocycles. The topological polar surface area (TPSA) is 92.2 Å². The fraction of sp³-hybridized carbons (Fsp3) is 0.375. The van der Waals surface area contributed by atoms with Crippen LogP contribution in [0, 0.1) is 5.92 Å². The zero-order chi connectivity index (χ0) is 30.1. The standard InChI is InChI=1S/C32H33F3N6O2/c1-40-28-11-10-21(14-26(28)38-39-40)17-37-30(42)29-15-22(12-20-6-5-9-25(13-20)32(33,34)35)19-41(29)31(43)27-16-24(18-36-27)23-7-3-2-4-8-23/h2-11,13-14,22,24,27,29,36H,12,15-19H2,1H3,(H,37,42). The minimum Gasteiger partial charge on any atom is -0.350 e. The van der Waals surface area contributed by atoms with Crippen LogP contribution < -0.4 is 10.6 Å². The average molecular weight is 591 g/mol. The van der Waals surface area contributed by atoms with E-state index in [1.165, 1.54) is 6.07 Å². The molecule has 2 amide bonds. The van der Waals surface area contributed by atoms with Gasteiger partial charge >= 0.3 is 6.18 Å². The number of nitrogens with one attached hydrogen (secondary N) is 2. The van der Waals surface area contributed by atoms with Gasteiger partial charge in [-0.15, -0.1) is 5.10 Å². The first kappa shape index (κ1) is 28.9. The van der Waals surface area contributed by atoms with Crippen LogP contribution in [0.15, 0.2) is 72.8 Å². The number of carbonyl (C=O) groups excluding carboxylic acids is 2. The number of alkyl halides is 3. The third-order valence-electron chi connectivity index (χ3n) is 8.59. The Labute approximate surface area is 247 Å². The Morgan fingerprint density at radius 2 is 1.81 bits per heavy atom. The molecule has 2 fully saturated rings. The van der Waals surface area contributed by atoms with Gasteiger partial charge < -0.3 is 15.5 Å². The number of rotatable bonds is 7. The summed E-state index contributed by atoms with van der Waals surface area (Å²) >= 11 is 0. The Hall–Kier alpha value is -4.25. The molecule has 0 radical (unpaired) electrons. The van der Waals surface area contributed by atoms with Gasteiger partial charge in [-0.1, -0.05) is 59.8 Å². The SMILES string of the molecule is Cn1nnc2cc(CNC(=O)C3CC(Cc4cccc(C(F)(F)F)c4)CN3C(=O)C3CC(c4ccccc4)CN3)ccc21. The van der Waals surface area contributed by atoms with E-state index < -0.39 is 23.8 Å². The summed E-state index contributed by atoms with van der Waals surface area (Å²) in [6.07, 6.45) is -3.12. The molecule has 0 spiro atoms. The third-order valence-corrected chi connectivity index (χ3v) is 8.59. The molecule has 224 valence electrons. The Morgan fingerprint density at radius 1 is 1.00 bits per heavy atom. The van der Waals surface area contributed by atoms with Crippen LogP contribution in [0.1, 0.15) is 41.0 Å². The molecule has 3 aromatic carbocycles. The van der Waals surface area contributed by atoms with Gasteiger partial charge in [0.1, 0.15) is 11.6 Å². The van der Waals surface area contributed by atoms with Crippen molar-refractivity contribution in [3.8, 4) is 0 Å². The van der Waals surface area contributed by atoms with Gasteiger partial charge in [0.25, 0.3) is 0 Å². The lowest BCUT2D eigenvalue weighted by Gasteiger charge is -2.27. The highest BCUT2D eigenvalue weighted by Crippen LogP contribution is 2.33. The van der Waals surface area contributed by atoms with Crippen LogP contribution >= 0.6 is 0 Å². The fourth-order valence-corrected chi connectivity index (χ4v) is 6.38. The van der Waals surface area contributed by atoms with E-state index in [0.717, 1.165) is 28.8 Å². The van der Waals surface area contributed by atoms with Crippen molar-refractivity contribution in [3.05, 3.63) is 95.1 Å². The molecule has 43 heavy (non-hydrogen) atoms. The van der Waals surface area contributed by atoms with Crippen molar-refractivity contribution in [2.75, 3.05) is 13.1 Å². The number of amides is 2. The summed E-state index contributed by atoms with van der Waals surface area (Å²) in [7, 11) is 1.81. The van der Waals surface area contributed by atoms with E-state index in [0.29, 0.717) is 43.4 Å². The summed E-state index contributed by atoms with van der Waals surface area (Å²) in [4.78, 5) is 29.1. The maximum Gasteiger partial charge on any atom is 0.416 e. The molecule has 0 bridgehead atoms. The third kappa shape index (κ3) is 6.27. The highest BCUT2D eigenvalue weighted by atomic mass is 19.4. The number of fused-ring (bicyclic) bond motifs is 1. The number of likely N-dealkylation sites (tertiary alicyclic amines) is 1. The minimum atomic E-state index is -4.44. The molecule has 2 N–H and O–H groups in total. The van der Waals surface area contributed by atoms with Gasteiger partial charge in [0, 0.05) is 26.7 Å². The second kappa shape index (κ2) is 11.8. The van der Waals surface area contributed by atoms with Gasteiger partial charge in [-0.25, -0.2) is 4.68 Å². The van der Waals surface area contributed by atoms with Crippen molar-refractivity contribution < 1.29 is 22.8 Å². The number of hydrogen-bond acceptors (Lipinski definition) is 5. The van der Waals surface area contributed by atoms with Crippen LogP contribution in [0.3, 0.4) is 0 Å². The Kier molecular flexibility index (Phi) is 7.91. The summed E-state index contributed by atoms with van der Waals surface area (Å²) < 4.78 is 41.7. The van der Waals surface area contributed by atoms with E-state index in [1.807, 2.05) is 36.4 Å². The second-order valence-electron chi connectivity index (χ2n) is 11.6. The van der Waals surface area contributed by atoms with Crippen LogP contribution in [0.4, 0.5) is 13.2 Å². The largest absolute Gasteiger partial charge is 0.416 e. The van der Waals surface area contributed by atoms with Crippen LogP contribution in [0.2, 0.25) is 0 Å². The summed E-state index contributed by atoms with van der Waals surface area (Å²) in [5.74, 6) is -0.407. The van der Waals surface area contributed by atoms with Crippen LogP contribution in [-0.2, 0) is 35.8 Å². The van der Waals surface area contributed by atoms with E-state index in [9.17, 15) is 22.8 Å². The predicted molar refractivity (Wildman–Crippen MR) is 155 cm³/mol. The summed E-state index contributed by atoms with van der Waals surface area (Å²) in [6.45, 7) is 1.20. The van der Waals surface area contributed by atoms with Crippen molar-refractivity contribution in [2.24, 2.45) is 13.0 Å². The lowest BCUT2D eigenvalue weighted by molar-refractivity contribution is -0.139. The number of benzene rings is 3. The first-order valence-electron chi connectivity index (χ1n) is 14.5. The quantitative estimate of drug-likeness (QED) is 0.337. The molecule has 2 saturated heterocycles. The Balaban J connectivity index is 1.18. The highest BCUT2D eigenvalue weighted by molar-refractivity contribution is 5.90. The molecular weight excluding hydrogens is 557 g/mol. The van der Waals surface area contributed by atoms with Gasteiger partial charge in [0.2, 0.25) is 11.8 Å². The summed E-state index contributed by atoms with van der Waals surface area (Å²) in [5.41, 5.74) is 3.43. The monoisotopic (exact) mass is 590 g/mol. The molecule has 4 aromatic rings. The molecule has 1 aromatic heterocycles. The van der Waals surface area contributed by atoms with Gasteiger partial charge in [-0.3, -0.25) is 9.59 Å². The fourth-order valence-electron chi connectivity index (χ4n) is 6.38. The van der Waals surface area contributed by atoms with Crippen LogP contribution in [0.25, 0.3) is 11.0 Å². The first-order valence-corrected chi connectivity index (χ1v) is 14.5. The van der Waals surface area contributed by atoms with Gasteiger partial charge in [-0.05, 0) is 66.0 Å². The summed E-state index contributed by atoms with van der Waals surface area (Å²) in [5, 5.41) is 14.5. The molecule has 2 aliphatic heterocycles. The number of halogens is 3. The van der Waals surface area contributed by atoms with E-state index in [2.05, 4.69) is 33.1 Å². The molecule has 6 rings (SSSR count). The maximum absolute atomic E-state index is 13.9. The second-order valence-corrected chi connectivity index (χ2v) is 11.6. The number of hydrogen-bond donors (Lipinski definition) is 2. The molecule has 8 nitrogen and oxygen atoms in total. The van der Waals surface area contributed by atoms with Crippen molar-refractivity contribution >= 4 is 22.8 Å². The highest BCUT2D eigenvalue weighted by Gasteiger charge is 2.43. The van der Waals surface area contributed by atoms with E-state index >= 15 is 0 Å². The summed E-state index contributed by atoms with van der Waals surface area (Å²) in [6, 6.07) is 19.8. The number of carbonyl (C=O) groups is 2. The van der Waals surface area contributed by atoms with E-state index in [-0.39, 0.29) is 30.2 Å². The van der Waals surface area contributed by atoms with E-state index in [4.69, 9.17) is 0 Å². The first-order chi connectivity index (χ1) is 20.7. The van der Waals surface area contributed by atoms with Gasteiger partial charge in [-0.2, -0.15) is 13.2 Å². The lowest BCUT2D eigenvalue weighted by atomic mass is 9.95. The van der Waals surface area contributed by atoms with Crippen molar-refractivity contribution in [3.63, 3.8) is 0 Å². The van der Waals surface area contributed by atoms with Crippen molar-refractivity contribution in [2.45, 2.75) is 50.0 Å². The van der Waals surface area contributed by atoms with Gasteiger partial charge in [0.05, 0.1) is 17.1 Å². The number of nitrogens with zero attached hydrogens (tertiary/aromatic N) is 4. The Bertz CT molecular complexity index is 1620. The van der Waals surface area contributed by atoms with Crippen LogP contribution in [-0.4, -0.2) is 56.9 Å². The molecule has 0 saturated carbocycles. The lowest BCUT2D eigenvalue weighted by Crippen LogP contribution is -2.51. The smallest absolute Gasteiger partial charge is 0.350 e. The van der Waals surface area contributed by atoms with Crippen molar-refractivity contribution in [1.82, 2.24) is 30.5 Å². The van der Waals surface area contributed by atoms with E-state index in [1.54, 1.807) is 22.7 Å². The predicted octanol–water partition coefficient (Wildman–Crippen LogP) is 4.21. The van der Waals surface area contributed by atoms with Gasteiger partial charge in [0.15, 0.2) is 0 Å². The average Bonchev–Trinajstić information content (AvgIpc) is 3.75. The molecule has 4 atom stereocenters. The minimum absolute atomic E-state index is 0.147. The number of aromatic nitrogens is 3. The zero-order valence-electron chi connectivity index (χ0n) is 23.7. The van der Waals surface area contributed by atoms with Crippen molar-refractivity contribution in [1.29, 1.82) is 0 Å². The Morgan fingerprint density at radius 3 is 2.60 bits per heavy atom. The molecule has 3 heterocycles.